The predicted molar refractivity (Wildman–Crippen MR) is 108 cm³/mol. The Kier molecular flexibility index (Phi) is 6.04. The fraction of sp³-hybridized carbons (Fsp3) is 0.0500. The van der Waals surface area contributed by atoms with E-state index in [1.54, 1.807) is 30.3 Å². The van der Waals surface area contributed by atoms with Gasteiger partial charge in [0.25, 0.3) is 15.9 Å². The maximum Gasteiger partial charge on any atom is 0.416 e. The Balaban J connectivity index is 1.73. The average Bonchev–Trinajstić information content (AvgIpc) is 2.68. The highest BCUT2D eigenvalue weighted by molar-refractivity contribution is 7.92. The van der Waals surface area contributed by atoms with Crippen LogP contribution in [0.2, 0.25) is 5.02 Å². The maximum absolute atomic E-state index is 12.7. The summed E-state index contributed by atoms with van der Waals surface area (Å²) < 4.78 is 65.4. The van der Waals surface area contributed by atoms with Crippen LogP contribution in [-0.2, 0) is 16.2 Å². The summed E-state index contributed by atoms with van der Waals surface area (Å²) in [6, 6.07) is 16.0. The molecule has 0 saturated heterocycles. The lowest BCUT2D eigenvalue weighted by Gasteiger charge is -2.11. The summed E-state index contributed by atoms with van der Waals surface area (Å²) in [4.78, 5) is 12.3. The van der Waals surface area contributed by atoms with Crippen molar-refractivity contribution in [3.63, 3.8) is 0 Å². The molecule has 0 fully saturated rings. The molecule has 156 valence electrons. The molecule has 30 heavy (non-hydrogen) atoms. The Hall–Kier alpha value is -3.04. The van der Waals surface area contributed by atoms with Crippen molar-refractivity contribution in [2.75, 3.05) is 10.0 Å². The van der Waals surface area contributed by atoms with Gasteiger partial charge in [-0.1, -0.05) is 29.8 Å². The van der Waals surface area contributed by atoms with Crippen molar-refractivity contribution in [1.82, 2.24) is 0 Å². The standard InChI is InChI=1S/C20H14ClF3N2O3S/c21-18-12-13(20(22,23)24)6-11-17(18)19(27)25-14-7-9-16(10-8-14)30(28,29)26-15-4-2-1-3-5-15/h1-12,26H,(H,25,27). The van der Waals surface area contributed by atoms with E-state index < -0.39 is 27.7 Å². The van der Waals surface area contributed by atoms with E-state index in [1.807, 2.05) is 0 Å². The van der Waals surface area contributed by atoms with E-state index in [0.717, 1.165) is 12.1 Å². The van der Waals surface area contributed by atoms with Gasteiger partial charge >= 0.3 is 6.18 Å². The molecule has 0 aromatic heterocycles. The van der Waals surface area contributed by atoms with Crippen molar-refractivity contribution in [2.24, 2.45) is 0 Å². The molecule has 3 aromatic rings. The van der Waals surface area contributed by atoms with Crippen LogP contribution in [0.5, 0.6) is 0 Å². The lowest BCUT2D eigenvalue weighted by atomic mass is 10.1. The molecule has 0 bridgehead atoms. The normalized spacial score (nSPS) is 11.7. The molecule has 0 aliphatic carbocycles. The van der Waals surface area contributed by atoms with Crippen molar-refractivity contribution >= 4 is 38.9 Å². The number of carbonyl (C=O) groups is 1. The molecule has 0 heterocycles. The number of hydrogen-bond donors (Lipinski definition) is 2. The summed E-state index contributed by atoms with van der Waals surface area (Å²) in [5.74, 6) is -0.730. The van der Waals surface area contributed by atoms with Crippen LogP contribution in [0.3, 0.4) is 0 Å². The van der Waals surface area contributed by atoms with Gasteiger partial charge in [0, 0.05) is 11.4 Å². The maximum atomic E-state index is 12.7. The zero-order chi connectivity index (χ0) is 21.9. The average molecular weight is 455 g/mol. The number of carbonyl (C=O) groups excluding carboxylic acids is 1. The number of halogens is 4. The third-order valence-corrected chi connectivity index (χ3v) is 5.70. The quantitative estimate of drug-likeness (QED) is 0.541. The molecule has 10 heteroatoms. The summed E-state index contributed by atoms with van der Waals surface area (Å²) in [7, 11) is -3.83. The Bertz CT molecular complexity index is 1170. The summed E-state index contributed by atoms with van der Waals surface area (Å²) >= 11 is 5.81. The minimum Gasteiger partial charge on any atom is -0.322 e. The summed E-state index contributed by atoms with van der Waals surface area (Å²) in [6.45, 7) is 0. The molecule has 0 atom stereocenters. The van der Waals surface area contributed by atoms with Crippen LogP contribution in [-0.4, -0.2) is 14.3 Å². The van der Waals surface area contributed by atoms with Gasteiger partial charge in [0.05, 0.1) is 21.0 Å². The highest BCUT2D eigenvalue weighted by Gasteiger charge is 2.31. The Morgan fingerprint density at radius 2 is 1.50 bits per heavy atom. The van der Waals surface area contributed by atoms with E-state index in [2.05, 4.69) is 10.0 Å². The largest absolute Gasteiger partial charge is 0.416 e. The van der Waals surface area contributed by atoms with Crippen LogP contribution in [0.4, 0.5) is 24.5 Å². The van der Waals surface area contributed by atoms with E-state index >= 15 is 0 Å². The van der Waals surface area contributed by atoms with Crippen LogP contribution in [0.25, 0.3) is 0 Å². The van der Waals surface area contributed by atoms with Gasteiger partial charge in [0.2, 0.25) is 0 Å². The third kappa shape index (κ3) is 5.11. The minimum atomic E-state index is -4.58. The highest BCUT2D eigenvalue weighted by Crippen LogP contribution is 2.32. The summed E-state index contributed by atoms with van der Waals surface area (Å²) in [5, 5.41) is 2.11. The molecule has 1 amide bonds. The van der Waals surface area contributed by atoms with Crippen LogP contribution in [0.15, 0.2) is 77.7 Å². The van der Waals surface area contributed by atoms with Gasteiger partial charge in [0.15, 0.2) is 0 Å². The molecule has 0 spiro atoms. The number of anilines is 2. The van der Waals surface area contributed by atoms with E-state index in [-0.39, 0.29) is 21.2 Å². The smallest absolute Gasteiger partial charge is 0.322 e. The lowest BCUT2D eigenvalue weighted by Crippen LogP contribution is -2.15. The van der Waals surface area contributed by atoms with Crippen molar-refractivity contribution in [1.29, 1.82) is 0 Å². The topological polar surface area (TPSA) is 75.3 Å². The second-order valence-corrected chi connectivity index (χ2v) is 8.23. The first-order chi connectivity index (χ1) is 14.1. The minimum absolute atomic E-state index is 0.0306. The van der Waals surface area contributed by atoms with Gasteiger partial charge in [-0.05, 0) is 54.6 Å². The van der Waals surface area contributed by atoms with Crippen molar-refractivity contribution in [3.8, 4) is 0 Å². The predicted octanol–water partition coefficient (Wildman–Crippen LogP) is 5.41. The molecule has 0 aliphatic rings. The molecule has 0 unspecified atom stereocenters. The van der Waals surface area contributed by atoms with E-state index in [4.69, 9.17) is 11.6 Å². The van der Waals surface area contributed by atoms with Gasteiger partial charge in [0.1, 0.15) is 0 Å². The monoisotopic (exact) mass is 454 g/mol. The van der Waals surface area contributed by atoms with Gasteiger partial charge in [-0.2, -0.15) is 13.2 Å². The fourth-order valence-electron chi connectivity index (χ4n) is 2.51. The number of rotatable bonds is 5. The highest BCUT2D eigenvalue weighted by atomic mass is 35.5. The number of nitrogens with one attached hydrogen (secondary N) is 2. The lowest BCUT2D eigenvalue weighted by molar-refractivity contribution is -0.137. The first-order valence-corrected chi connectivity index (χ1v) is 10.3. The SMILES string of the molecule is O=C(Nc1ccc(S(=O)(=O)Nc2ccccc2)cc1)c1ccc(C(F)(F)F)cc1Cl. The van der Waals surface area contributed by atoms with Crippen LogP contribution in [0, 0.1) is 0 Å². The van der Waals surface area contributed by atoms with Crippen molar-refractivity contribution in [2.45, 2.75) is 11.1 Å². The number of para-hydroxylation sites is 1. The zero-order valence-electron chi connectivity index (χ0n) is 15.1. The van der Waals surface area contributed by atoms with E-state index in [1.165, 1.54) is 24.3 Å². The number of amides is 1. The van der Waals surface area contributed by atoms with Crippen LogP contribution < -0.4 is 10.0 Å². The van der Waals surface area contributed by atoms with Crippen molar-refractivity contribution < 1.29 is 26.4 Å². The molecule has 2 N–H and O–H groups in total. The fourth-order valence-corrected chi connectivity index (χ4v) is 3.84. The van der Waals surface area contributed by atoms with E-state index in [0.29, 0.717) is 11.8 Å². The number of alkyl halides is 3. The van der Waals surface area contributed by atoms with Gasteiger partial charge in [-0.25, -0.2) is 8.42 Å². The Labute approximate surface area is 175 Å². The van der Waals surface area contributed by atoms with Crippen molar-refractivity contribution in [3.05, 3.63) is 88.9 Å². The number of benzene rings is 3. The molecule has 0 aliphatic heterocycles. The molecule has 3 aromatic carbocycles. The first-order valence-electron chi connectivity index (χ1n) is 8.42. The van der Waals surface area contributed by atoms with Gasteiger partial charge in [-0.15, -0.1) is 0 Å². The van der Waals surface area contributed by atoms with E-state index in [9.17, 15) is 26.4 Å². The first kappa shape index (κ1) is 21.7. The summed E-state index contributed by atoms with van der Waals surface area (Å²) in [5.41, 5.74) is -0.474. The zero-order valence-corrected chi connectivity index (χ0v) is 16.6. The third-order valence-electron chi connectivity index (χ3n) is 3.99. The second-order valence-electron chi connectivity index (χ2n) is 6.14. The van der Waals surface area contributed by atoms with Crippen LogP contribution >= 0.6 is 11.6 Å². The van der Waals surface area contributed by atoms with Crippen LogP contribution in [0.1, 0.15) is 15.9 Å². The molecule has 3 rings (SSSR count). The second kappa shape index (κ2) is 8.37. The van der Waals surface area contributed by atoms with Gasteiger partial charge in [-0.3, -0.25) is 9.52 Å². The Morgan fingerprint density at radius 1 is 0.867 bits per heavy atom. The molecular formula is C20H14ClF3N2O3S. The Morgan fingerprint density at radius 3 is 2.07 bits per heavy atom. The molecule has 5 nitrogen and oxygen atoms in total. The van der Waals surface area contributed by atoms with Gasteiger partial charge < -0.3 is 5.32 Å². The molecular weight excluding hydrogens is 441 g/mol. The number of hydrogen-bond acceptors (Lipinski definition) is 3. The summed E-state index contributed by atoms with van der Waals surface area (Å²) in [6.07, 6.45) is -4.58. The molecule has 0 saturated carbocycles. The number of sulfonamides is 1. The molecule has 0 radical (unpaired) electrons.